The molecular weight excluding hydrogens is 276 g/mol. The van der Waals surface area contributed by atoms with Crippen molar-refractivity contribution in [3.63, 3.8) is 0 Å². The molecule has 1 aromatic rings. The summed E-state index contributed by atoms with van der Waals surface area (Å²) < 4.78 is 5.18. The van der Waals surface area contributed by atoms with Gasteiger partial charge in [0.15, 0.2) is 11.2 Å². The third-order valence-electron chi connectivity index (χ3n) is 3.14. The van der Waals surface area contributed by atoms with Gasteiger partial charge in [0.1, 0.15) is 5.75 Å². The van der Waals surface area contributed by atoms with Crippen LogP contribution in [0.5, 0.6) is 5.75 Å². The molecule has 1 amide bonds. The fourth-order valence-corrected chi connectivity index (χ4v) is 3.38. The van der Waals surface area contributed by atoms with Gasteiger partial charge in [-0.1, -0.05) is 17.8 Å². The van der Waals surface area contributed by atoms with Crippen LogP contribution in [0, 0.1) is 0 Å². The molecule has 7 heteroatoms. The number of thioether (sulfide) groups is 1. The van der Waals surface area contributed by atoms with Crippen molar-refractivity contribution >= 4 is 28.5 Å². The minimum Gasteiger partial charge on any atom is -0.497 e. The Bertz CT molecular complexity index is 563. The second-order valence-electron chi connectivity index (χ2n) is 4.67. The van der Waals surface area contributed by atoms with E-state index < -0.39 is 0 Å². The van der Waals surface area contributed by atoms with Crippen molar-refractivity contribution in [3.8, 4) is 5.75 Å². The Kier molecular flexibility index (Phi) is 3.54. The number of amides is 1. The van der Waals surface area contributed by atoms with Gasteiger partial charge in [-0.25, -0.2) is 4.99 Å². The number of nitrogens with zero attached hydrogens (tertiary/aromatic N) is 1. The molecule has 3 unspecified atom stereocenters. The molecule has 20 heavy (non-hydrogen) atoms. The zero-order chi connectivity index (χ0) is 14.1. The molecule has 0 bridgehead atoms. The maximum atomic E-state index is 11.9. The Morgan fingerprint density at radius 2 is 2.30 bits per heavy atom. The number of fused-ring (bicyclic) bond motifs is 1. The first-order valence-electron chi connectivity index (χ1n) is 6.37. The van der Waals surface area contributed by atoms with E-state index in [1.807, 2.05) is 31.2 Å². The van der Waals surface area contributed by atoms with Crippen molar-refractivity contribution in [1.29, 1.82) is 0 Å². The molecule has 2 aliphatic heterocycles. The lowest BCUT2D eigenvalue weighted by Gasteiger charge is -2.29. The van der Waals surface area contributed by atoms with E-state index >= 15 is 0 Å². The largest absolute Gasteiger partial charge is 0.497 e. The van der Waals surface area contributed by atoms with E-state index in [4.69, 9.17) is 4.74 Å². The van der Waals surface area contributed by atoms with E-state index in [0.29, 0.717) is 0 Å². The summed E-state index contributed by atoms with van der Waals surface area (Å²) in [5.74, 6) is 0.747. The minimum absolute atomic E-state index is 0.00754. The highest BCUT2D eigenvalue weighted by molar-refractivity contribution is 8.15. The van der Waals surface area contributed by atoms with E-state index in [9.17, 15) is 4.79 Å². The molecular formula is C13H16N4O2S. The summed E-state index contributed by atoms with van der Waals surface area (Å²) >= 11 is 1.54. The zero-order valence-electron chi connectivity index (χ0n) is 11.2. The predicted molar refractivity (Wildman–Crippen MR) is 80.0 cm³/mol. The third kappa shape index (κ3) is 2.59. The molecule has 1 saturated heterocycles. The summed E-state index contributed by atoms with van der Waals surface area (Å²) in [6.45, 7) is 1.92. The van der Waals surface area contributed by atoms with Crippen molar-refractivity contribution in [2.75, 3.05) is 12.4 Å². The molecule has 0 aliphatic carbocycles. The molecule has 2 aliphatic rings. The number of aliphatic imine (C=N–C) groups is 1. The normalized spacial score (nSPS) is 28.4. The fraction of sp³-hybridized carbons (Fsp3) is 0.385. The summed E-state index contributed by atoms with van der Waals surface area (Å²) in [7, 11) is 1.63. The van der Waals surface area contributed by atoms with Crippen molar-refractivity contribution < 1.29 is 9.53 Å². The van der Waals surface area contributed by atoms with Crippen LogP contribution in [0.25, 0.3) is 0 Å². The molecule has 0 aromatic heterocycles. The van der Waals surface area contributed by atoms with Gasteiger partial charge >= 0.3 is 0 Å². The number of anilines is 1. The van der Waals surface area contributed by atoms with Gasteiger partial charge < -0.3 is 15.4 Å². The lowest BCUT2D eigenvalue weighted by Crippen LogP contribution is -2.59. The number of carbonyl (C=O) groups excluding carboxylic acids is 1. The molecule has 3 N–H and O–H groups in total. The molecule has 0 radical (unpaired) electrons. The summed E-state index contributed by atoms with van der Waals surface area (Å²) in [5.41, 5.74) is 0.891. The highest BCUT2D eigenvalue weighted by Gasteiger charge is 2.40. The van der Waals surface area contributed by atoms with Crippen LogP contribution in [-0.2, 0) is 4.79 Å². The van der Waals surface area contributed by atoms with E-state index in [2.05, 4.69) is 20.9 Å². The molecule has 2 heterocycles. The third-order valence-corrected chi connectivity index (χ3v) is 4.22. The second-order valence-corrected chi connectivity index (χ2v) is 5.80. The van der Waals surface area contributed by atoms with E-state index in [0.717, 1.165) is 16.6 Å². The molecule has 0 saturated carbocycles. The Balaban J connectivity index is 1.73. The summed E-state index contributed by atoms with van der Waals surface area (Å²) in [6.07, 6.45) is -0.0254. The number of rotatable bonds is 2. The maximum Gasteiger partial charge on any atom is 0.248 e. The Morgan fingerprint density at radius 1 is 1.45 bits per heavy atom. The lowest BCUT2D eigenvalue weighted by atomic mass is 10.2. The molecule has 0 spiro atoms. The molecule has 3 atom stereocenters. The summed E-state index contributed by atoms with van der Waals surface area (Å²) in [4.78, 5) is 16.3. The first kappa shape index (κ1) is 13.3. The van der Waals surface area contributed by atoms with Crippen molar-refractivity contribution in [1.82, 2.24) is 10.6 Å². The highest BCUT2D eigenvalue weighted by atomic mass is 32.2. The zero-order valence-corrected chi connectivity index (χ0v) is 12.0. The van der Waals surface area contributed by atoms with Gasteiger partial charge in [0.05, 0.1) is 18.6 Å². The molecule has 1 aromatic carbocycles. The number of nitrogens with one attached hydrogen (secondary N) is 3. The number of amidine groups is 1. The van der Waals surface area contributed by atoms with Crippen molar-refractivity contribution in [3.05, 3.63) is 24.3 Å². The SMILES string of the molecule is COc1cccc(NC2=NC3C(=O)NC(C)NC3S2)c1. The standard InChI is InChI=1S/C13H16N4O2S/c1-7-14-11(18)10-12(15-7)20-13(17-10)16-8-4-3-5-9(6-8)19-2/h3-7,10,12,15H,1-2H3,(H,14,18)(H,16,17). The second kappa shape index (κ2) is 5.34. The molecule has 1 fully saturated rings. The van der Waals surface area contributed by atoms with Crippen LogP contribution in [0.15, 0.2) is 29.3 Å². The predicted octanol–water partition coefficient (Wildman–Crippen LogP) is 0.970. The monoisotopic (exact) mass is 292 g/mol. The summed E-state index contributed by atoms with van der Waals surface area (Å²) in [5, 5.41) is 10.1. The van der Waals surface area contributed by atoms with Crippen LogP contribution in [0.2, 0.25) is 0 Å². The average Bonchev–Trinajstić information content (AvgIpc) is 2.81. The topological polar surface area (TPSA) is 74.8 Å². The Morgan fingerprint density at radius 3 is 3.10 bits per heavy atom. The molecule has 106 valence electrons. The number of methoxy groups -OCH3 is 1. The fourth-order valence-electron chi connectivity index (χ4n) is 2.20. The number of hydrogen-bond donors (Lipinski definition) is 3. The first-order chi connectivity index (χ1) is 9.65. The van der Waals surface area contributed by atoms with Gasteiger partial charge in [0, 0.05) is 11.8 Å². The lowest BCUT2D eigenvalue weighted by molar-refractivity contribution is -0.124. The van der Waals surface area contributed by atoms with E-state index in [1.54, 1.807) is 7.11 Å². The average molecular weight is 292 g/mol. The Labute approximate surface area is 121 Å². The van der Waals surface area contributed by atoms with Crippen LogP contribution in [0.1, 0.15) is 6.92 Å². The van der Waals surface area contributed by atoms with E-state index in [1.165, 1.54) is 11.8 Å². The van der Waals surface area contributed by atoms with Crippen molar-refractivity contribution in [2.45, 2.75) is 24.5 Å². The van der Waals surface area contributed by atoms with E-state index in [-0.39, 0.29) is 23.5 Å². The minimum atomic E-state index is -0.371. The quantitative estimate of drug-likeness (QED) is 0.757. The highest BCUT2D eigenvalue weighted by Crippen LogP contribution is 2.29. The van der Waals surface area contributed by atoms with Crippen LogP contribution in [0.4, 0.5) is 5.69 Å². The number of hydrogen-bond acceptors (Lipinski definition) is 6. The Hall–Kier alpha value is -1.73. The van der Waals surface area contributed by atoms with Crippen LogP contribution >= 0.6 is 11.8 Å². The van der Waals surface area contributed by atoms with Crippen molar-refractivity contribution in [2.24, 2.45) is 4.99 Å². The first-order valence-corrected chi connectivity index (χ1v) is 7.25. The van der Waals surface area contributed by atoms with Crippen LogP contribution in [-0.4, -0.2) is 35.8 Å². The van der Waals surface area contributed by atoms with Gasteiger partial charge in [-0.15, -0.1) is 0 Å². The summed E-state index contributed by atoms with van der Waals surface area (Å²) in [6, 6.07) is 7.24. The number of ether oxygens (including phenoxy) is 1. The van der Waals surface area contributed by atoms with Crippen LogP contribution < -0.4 is 20.7 Å². The van der Waals surface area contributed by atoms with Gasteiger partial charge in [-0.05, 0) is 19.1 Å². The van der Waals surface area contributed by atoms with Gasteiger partial charge in [-0.3, -0.25) is 10.1 Å². The molecule has 6 nitrogen and oxygen atoms in total. The van der Waals surface area contributed by atoms with Gasteiger partial charge in [0.2, 0.25) is 5.91 Å². The van der Waals surface area contributed by atoms with Gasteiger partial charge in [-0.2, -0.15) is 0 Å². The maximum absolute atomic E-state index is 11.9. The number of carbonyl (C=O) groups is 1. The van der Waals surface area contributed by atoms with Gasteiger partial charge in [0.25, 0.3) is 0 Å². The number of benzene rings is 1. The smallest absolute Gasteiger partial charge is 0.248 e. The molecule has 3 rings (SSSR count). The van der Waals surface area contributed by atoms with Crippen LogP contribution in [0.3, 0.4) is 0 Å².